The molecule has 0 bridgehead atoms. The van der Waals surface area contributed by atoms with Crippen LogP contribution in [0.15, 0.2) is 16.7 Å². The van der Waals surface area contributed by atoms with Gasteiger partial charge in [0.1, 0.15) is 6.42 Å². The van der Waals surface area contributed by atoms with Crippen molar-refractivity contribution in [1.82, 2.24) is 15.0 Å². The molecule has 1 aliphatic carbocycles. The highest BCUT2D eigenvalue weighted by molar-refractivity contribution is 7.15. The summed E-state index contributed by atoms with van der Waals surface area (Å²) in [7, 11) is 0. The predicted molar refractivity (Wildman–Crippen MR) is 76.4 cm³/mol. The van der Waals surface area contributed by atoms with E-state index in [0.29, 0.717) is 11.4 Å². The number of nitrogens with zero attached hydrogens (tertiary/aromatic N) is 4. The van der Waals surface area contributed by atoms with Crippen molar-refractivity contribution in [2.75, 3.05) is 0 Å². The van der Waals surface area contributed by atoms with Crippen LogP contribution in [0.5, 0.6) is 0 Å². The second-order valence-corrected chi connectivity index (χ2v) is 6.44. The minimum Gasteiger partial charge on any atom is -0.334 e. The molecule has 0 aliphatic heterocycles. The predicted octanol–water partition coefficient (Wildman–Crippen LogP) is 3.22. The van der Waals surface area contributed by atoms with Gasteiger partial charge in [0, 0.05) is 10.9 Å². The lowest BCUT2D eigenvalue weighted by molar-refractivity contribution is -0.159. The van der Waals surface area contributed by atoms with E-state index in [2.05, 4.69) is 14.7 Å². The molecule has 126 valence electrons. The average molecular weight is 356 g/mol. The molecule has 1 saturated carbocycles. The highest BCUT2D eigenvalue weighted by Gasteiger charge is 2.38. The first-order valence-corrected chi connectivity index (χ1v) is 7.86. The summed E-state index contributed by atoms with van der Waals surface area (Å²) in [6.45, 7) is 0.319. The molecule has 1 fully saturated rings. The molecule has 0 unspecified atom stereocenters. The van der Waals surface area contributed by atoms with Gasteiger partial charge in [-0.3, -0.25) is 4.79 Å². The molecule has 2 aromatic rings. The largest absolute Gasteiger partial charge is 0.471 e. The molecule has 0 aromatic carbocycles. The van der Waals surface area contributed by atoms with Crippen molar-refractivity contribution in [2.45, 2.75) is 38.0 Å². The van der Waals surface area contributed by atoms with E-state index in [9.17, 15) is 18.0 Å². The first-order valence-electron chi connectivity index (χ1n) is 7.05. The summed E-state index contributed by atoms with van der Waals surface area (Å²) in [4.78, 5) is 18.1. The van der Waals surface area contributed by atoms with E-state index in [1.807, 2.05) is 6.07 Å². The van der Waals surface area contributed by atoms with Gasteiger partial charge in [-0.2, -0.15) is 23.4 Å². The lowest BCUT2D eigenvalue weighted by atomic mass is 10.3. The van der Waals surface area contributed by atoms with Crippen molar-refractivity contribution in [3.05, 3.63) is 22.9 Å². The number of halogens is 3. The molecular formula is C14H11F3N4O2S. The molecule has 0 saturated heterocycles. The summed E-state index contributed by atoms with van der Waals surface area (Å²) in [6.07, 6.45) is -3.07. The van der Waals surface area contributed by atoms with Crippen LogP contribution in [0.2, 0.25) is 0 Å². The van der Waals surface area contributed by atoms with E-state index in [1.165, 1.54) is 11.3 Å². The Bertz CT molecular complexity index is 789. The molecular weight excluding hydrogens is 345 g/mol. The van der Waals surface area contributed by atoms with Gasteiger partial charge in [0.05, 0.1) is 17.5 Å². The second kappa shape index (κ2) is 6.24. The van der Waals surface area contributed by atoms with Gasteiger partial charge in [-0.05, 0) is 25.0 Å². The molecule has 3 rings (SSSR count). The maximum atomic E-state index is 12.5. The van der Waals surface area contributed by atoms with Crippen LogP contribution in [0.3, 0.4) is 0 Å². The van der Waals surface area contributed by atoms with Crippen LogP contribution in [-0.2, 0) is 17.5 Å². The van der Waals surface area contributed by atoms with Gasteiger partial charge in [-0.25, -0.2) is 0 Å². The Balaban J connectivity index is 1.74. The van der Waals surface area contributed by atoms with E-state index in [0.717, 1.165) is 17.7 Å². The number of amides is 1. The van der Waals surface area contributed by atoms with E-state index in [4.69, 9.17) is 5.26 Å². The van der Waals surface area contributed by atoms with Gasteiger partial charge in [0.2, 0.25) is 11.7 Å². The van der Waals surface area contributed by atoms with Crippen LogP contribution in [-0.4, -0.2) is 27.0 Å². The van der Waals surface area contributed by atoms with Gasteiger partial charge < -0.3 is 9.42 Å². The van der Waals surface area contributed by atoms with Crippen LogP contribution >= 0.6 is 11.3 Å². The third-order valence-electron chi connectivity index (χ3n) is 3.42. The molecule has 6 nitrogen and oxygen atoms in total. The van der Waals surface area contributed by atoms with Crippen molar-refractivity contribution in [2.24, 2.45) is 0 Å². The fourth-order valence-electron chi connectivity index (χ4n) is 2.17. The summed E-state index contributed by atoms with van der Waals surface area (Å²) in [5.41, 5.74) is 0. The minimum atomic E-state index is -4.68. The Morgan fingerprint density at radius 3 is 2.79 bits per heavy atom. The van der Waals surface area contributed by atoms with Gasteiger partial charge in [-0.15, -0.1) is 11.3 Å². The smallest absolute Gasteiger partial charge is 0.334 e. The highest BCUT2D eigenvalue weighted by atomic mass is 32.1. The van der Waals surface area contributed by atoms with Crippen LogP contribution < -0.4 is 0 Å². The SMILES string of the molecule is N#CCC(=O)N(Cc1ccc(-c2noc(C(F)(F)F)n2)s1)C1CC1. The van der Waals surface area contributed by atoms with Crippen molar-refractivity contribution < 1.29 is 22.5 Å². The van der Waals surface area contributed by atoms with Crippen molar-refractivity contribution in [3.8, 4) is 16.8 Å². The first-order chi connectivity index (χ1) is 11.4. The Labute approximate surface area is 138 Å². The average Bonchev–Trinajstić information content (AvgIpc) is 3.03. The van der Waals surface area contributed by atoms with E-state index < -0.39 is 12.1 Å². The van der Waals surface area contributed by atoms with Crippen molar-refractivity contribution in [1.29, 1.82) is 5.26 Å². The number of hydrogen-bond acceptors (Lipinski definition) is 6. The standard InChI is InChI=1S/C14H11F3N4O2S/c15-14(16,17)13-19-12(20-23-13)10-4-3-9(24-10)7-21(8-1-2-8)11(22)5-6-18/h3-4,8H,1-2,5,7H2. The Morgan fingerprint density at radius 2 is 2.21 bits per heavy atom. The van der Waals surface area contributed by atoms with Crippen LogP contribution in [0.4, 0.5) is 13.2 Å². The molecule has 2 aromatic heterocycles. The normalized spacial score (nSPS) is 14.4. The number of rotatable bonds is 5. The van der Waals surface area contributed by atoms with Crippen LogP contribution in [0.1, 0.15) is 30.0 Å². The number of hydrogen-bond donors (Lipinski definition) is 0. The number of carbonyl (C=O) groups excluding carboxylic acids is 1. The zero-order valence-electron chi connectivity index (χ0n) is 12.2. The Morgan fingerprint density at radius 1 is 1.46 bits per heavy atom. The summed E-state index contributed by atoms with van der Waals surface area (Å²) in [5.74, 6) is -1.77. The van der Waals surface area contributed by atoms with E-state index in [-0.39, 0.29) is 24.2 Å². The minimum absolute atomic E-state index is 0.137. The molecule has 0 N–H and O–H groups in total. The third kappa shape index (κ3) is 3.56. The van der Waals surface area contributed by atoms with Crippen LogP contribution in [0.25, 0.3) is 10.7 Å². The topological polar surface area (TPSA) is 83.0 Å². The molecule has 0 radical (unpaired) electrons. The Hall–Kier alpha value is -2.41. The number of aromatic nitrogens is 2. The van der Waals surface area contributed by atoms with E-state index in [1.54, 1.807) is 17.0 Å². The second-order valence-electron chi connectivity index (χ2n) is 5.27. The van der Waals surface area contributed by atoms with E-state index >= 15 is 0 Å². The first kappa shape index (κ1) is 16.4. The fourth-order valence-corrected chi connectivity index (χ4v) is 3.10. The number of thiophene rings is 1. The van der Waals surface area contributed by atoms with Gasteiger partial charge in [0.15, 0.2) is 0 Å². The molecule has 24 heavy (non-hydrogen) atoms. The summed E-state index contributed by atoms with van der Waals surface area (Å²) in [5, 5.41) is 12.0. The third-order valence-corrected chi connectivity index (χ3v) is 4.48. The van der Waals surface area contributed by atoms with Crippen LogP contribution in [0, 0.1) is 11.3 Å². The number of nitriles is 1. The molecule has 10 heteroatoms. The molecule has 2 heterocycles. The summed E-state index contributed by atoms with van der Waals surface area (Å²) in [6, 6.07) is 5.27. The lowest BCUT2D eigenvalue weighted by Crippen LogP contribution is -2.31. The summed E-state index contributed by atoms with van der Waals surface area (Å²) < 4.78 is 41.7. The zero-order chi connectivity index (χ0) is 17.3. The lowest BCUT2D eigenvalue weighted by Gasteiger charge is -2.20. The number of carbonyl (C=O) groups is 1. The van der Waals surface area contributed by atoms with Crippen molar-refractivity contribution >= 4 is 17.2 Å². The molecule has 1 amide bonds. The maximum Gasteiger partial charge on any atom is 0.471 e. The quantitative estimate of drug-likeness (QED) is 0.821. The maximum absolute atomic E-state index is 12.5. The molecule has 0 spiro atoms. The fraction of sp³-hybridized carbons (Fsp3) is 0.429. The Kier molecular flexibility index (Phi) is 4.28. The molecule has 0 atom stereocenters. The van der Waals surface area contributed by atoms with Gasteiger partial charge in [0.25, 0.3) is 0 Å². The monoisotopic (exact) mass is 356 g/mol. The van der Waals surface area contributed by atoms with Gasteiger partial charge >= 0.3 is 12.1 Å². The number of alkyl halides is 3. The highest BCUT2D eigenvalue weighted by Crippen LogP contribution is 2.34. The van der Waals surface area contributed by atoms with Gasteiger partial charge in [-0.1, -0.05) is 5.16 Å². The van der Waals surface area contributed by atoms with Crippen molar-refractivity contribution in [3.63, 3.8) is 0 Å². The zero-order valence-corrected chi connectivity index (χ0v) is 13.0. The molecule has 1 aliphatic rings. The summed E-state index contributed by atoms with van der Waals surface area (Å²) >= 11 is 1.19.